The Kier molecular flexibility index (Phi) is 3.45. The van der Waals surface area contributed by atoms with Crippen LogP contribution in [0.5, 0.6) is 0 Å². The molecule has 1 aromatic carbocycles. The molecule has 0 fully saturated rings. The number of amides is 2. The van der Waals surface area contributed by atoms with Gasteiger partial charge in [-0.1, -0.05) is 0 Å². The van der Waals surface area contributed by atoms with Crippen molar-refractivity contribution in [2.45, 2.75) is 18.7 Å². The van der Waals surface area contributed by atoms with Gasteiger partial charge >= 0.3 is 10.1 Å². The van der Waals surface area contributed by atoms with Crippen molar-refractivity contribution in [2.24, 2.45) is 0 Å². The maximum absolute atomic E-state index is 12.7. The fourth-order valence-corrected chi connectivity index (χ4v) is 2.41. The highest BCUT2D eigenvalue weighted by Crippen LogP contribution is 2.23. The van der Waals surface area contributed by atoms with Gasteiger partial charge in [-0.25, -0.2) is 4.39 Å². The van der Waals surface area contributed by atoms with Crippen LogP contribution in [0.4, 0.5) is 4.39 Å². The van der Waals surface area contributed by atoms with Crippen molar-refractivity contribution in [3.05, 3.63) is 41.2 Å². The number of hydrogen-bond donors (Lipinski definition) is 0. The molecule has 1 aliphatic heterocycles. The van der Waals surface area contributed by atoms with E-state index in [0.717, 1.165) is 24.3 Å². The third-order valence-corrected chi connectivity index (χ3v) is 4.04. The van der Waals surface area contributed by atoms with Crippen molar-refractivity contribution in [3.8, 4) is 0 Å². The largest absolute Gasteiger partial charge is 0.318 e. The summed E-state index contributed by atoms with van der Waals surface area (Å²) in [6, 6.07) is 3.81. The summed E-state index contributed by atoms with van der Waals surface area (Å²) < 4.78 is 41.1. The molecular weight excluding hydrogens is 289 g/mol. The maximum atomic E-state index is 12.7. The number of carbonyl (C=O) groups excluding carboxylic acids is 2. The van der Waals surface area contributed by atoms with Crippen LogP contribution in [-0.2, 0) is 24.0 Å². The number of halogens is 1. The summed E-state index contributed by atoms with van der Waals surface area (Å²) in [5.41, 5.74) is 0.230. The fourth-order valence-electron chi connectivity index (χ4n) is 1.53. The maximum Gasteiger partial charge on any atom is 0.318 e. The number of nitrogens with zero attached hydrogens (tertiary/aromatic N) is 1. The van der Waals surface area contributed by atoms with Gasteiger partial charge in [0.1, 0.15) is 5.82 Å². The number of carbonyl (C=O) groups is 2. The molecule has 0 radical (unpaired) electrons. The highest BCUT2D eigenvalue weighted by molar-refractivity contribution is 7.86. The molecule has 20 heavy (non-hydrogen) atoms. The second-order valence-electron chi connectivity index (χ2n) is 4.14. The molecule has 6 nitrogen and oxygen atoms in total. The molecule has 106 valence electrons. The SMILES string of the molecule is CC1=C(C)C(=O)N(OS(=O)(=O)c2ccc(F)cc2)C1=O. The van der Waals surface area contributed by atoms with Crippen LogP contribution in [0.25, 0.3) is 0 Å². The number of rotatable bonds is 3. The van der Waals surface area contributed by atoms with Gasteiger partial charge in [-0.3, -0.25) is 9.59 Å². The quantitative estimate of drug-likeness (QED) is 0.782. The van der Waals surface area contributed by atoms with Crippen molar-refractivity contribution < 1.29 is 26.7 Å². The van der Waals surface area contributed by atoms with Crippen LogP contribution < -0.4 is 0 Å². The Morgan fingerprint density at radius 3 is 1.90 bits per heavy atom. The Morgan fingerprint density at radius 2 is 1.45 bits per heavy atom. The summed E-state index contributed by atoms with van der Waals surface area (Å²) in [6.45, 7) is 2.78. The molecule has 0 unspecified atom stereocenters. The Labute approximate surface area is 114 Å². The minimum absolute atomic E-state index is 0.115. The van der Waals surface area contributed by atoms with Crippen molar-refractivity contribution in [3.63, 3.8) is 0 Å². The number of hydroxylamine groups is 2. The summed E-state index contributed by atoms with van der Waals surface area (Å²) in [7, 11) is -4.38. The van der Waals surface area contributed by atoms with E-state index in [4.69, 9.17) is 0 Å². The molecule has 0 atom stereocenters. The lowest BCUT2D eigenvalue weighted by atomic mass is 10.2. The molecule has 0 spiro atoms. The zero-order valence-electron chi connectivity index (χ0n) is 10.6. The number of benzene rings is 1. The highest BCUT2D eigenvalue weighted by atomic mass is 32.2. The van der Waals surface area contributed by atoms with Gasteiger partial charge in [0.05, 0.1) is 4.90 Å². The Morgan fingerprint density at radius 1 is 1.00 bits per heavy atom. The molecule has 2 amide bonds. The normalized spacial score (nSPS) is 16.2. The molecule has 0 saturated carbocycles. The van der Waals surface area contributed by atoms with Crippen molar-refractivity contribution in [1.82, 2.24) is 5.06 Å². The minimum Gasteiger partial charge on any atom is -0.267 e. The molecular formula is C12H10FNO5S. The number of imide groups is 1. The van der Waals surface area contributed by atoms with Gasteiger partial charge in [-0.15, -0.1) is 9.35 Å². The third kappa shape index (κ3) is 2.35. The lowest BCUT2D eigenvalue weighted by molar-refractivity contribution is -0.162. The first kappa shape index (κ1) is 14.4. The molecule has 2 rings (SSSR count). The van der Waals surface area contributed by atoms with Gasteiger partial charge in [0.25, 0.3) is 11.8 Å². The van der Waals surface area contributed by atoms with Crippen LogP contribution in [0, 0.1) is 5.82 Å². The highest BCUT2D eigenvalue weighted by Gasteiger charge is 2.38. The van der Waals surface area contributed by atoms with Gasteiger partial charge in [-0.2, -0.15) is 8.42 Å². The van der Waals surface area contributed by atoms with Gasteiger partial charge < -0.3 is 0 Å². The van der Waals surface area contributed by atoms with Gasteiger partial charge in [0.2, 0.25) is 0 Å². The molecule has 0 aromatic heterocycles. The molecule has 1 aliphatic rings. The van der Waals surface area contributed by atoms with E-state index < -0.39 is 27.7 Å². The predicted molar refractivity (Wildman–Crippen MR) is 64.9 cm³/mol. The Hall–Kier alpha value is -2.06. The van der Waals surface area contributed by atoms with Crippen molar-refractivity contribution >= 4 is 21.9 Å². The average Bonchev–Trinajstić information content (AvgIpc) is 2.57. The molecule has 0 N–H and O–H groups in total. The zero-order chi connectivity index (χ0) is 15.1. The van der Waals surface area contributed by atoms with E-state index in [0.29, 0.717) is 0 Å². The smallest absolute Gasteiger partial charge is 0.267 e. The van der Waals surface area contributed by atoms with Crippen LogP contribution >= 0.6 is 0 Å². The molecule has 0 saturated heterocycles. The van der Waals surface area contributed by atoms with Crippen LogP contribution in [0.15, 0.2) is 40.3 Å². The van der Waals surface area contributed by atoms with E-state index >= 15 is 0 Å². The van der Waals surface area contributed by atoms with Gasteiger partial charge in [0, 0.05) is 11.1 Å². The van der Waals surface area contributed by atoms with Crippen LogP contribution in [0.1, 0.15) is 13.8 Å². The zero-order valence-corrected chi connectivity index (χ0v) is 11.4. The lowest BCUT2D eigenvalue weighted by Crippen LogP contribution is -2.34. The molecule has 8 heteroatoms. The van der Waals surface area contributed by atoms with Crippen LogP contribution in [0.2, 0.25) is 0 Å². The third-order valence-electron chi connectivity index (χ3n) is 2.85. The summed E-state index contributed by atoms with van der Waals surface area (Å²) in [5.74, 6) is -2.29. The summed E-state index contributed by atoms with van der Waals surface area (Å²) in [4.78, 5) is 23.0. The Balaban J connectivity index is 2.29. The first-order valence-corrected chi connectivity index (χ1v) is 6.91. The van der Waals surface area contributed by atoms with E-state index in [-0.39, 0.29) is 21.1 Å². The van der Waals surface area contributed by atoms with Crippen molar-refractivity contribution in [1.29, 1.82) is 0 Å². The first-order chi connectivity index (χ1) is 9.24. The lowest BCUT2D eigenvalue weighted by Gasteiger charge is -2.13. The first-order valence-electron chi connectivity index (χ1n) is 5.50. The summed E-state index contributed by atoms with van der Waals surface area (Å²) >= 11 is 0. The second kappa shape index (κ2) is 4.80. The molecule has 1 aromatic rings. The molecule has 1 heterocycles. The fraction of sp³-hybridized carbons (Fsp3) is 0.167. The molecule has 0 aliphatic carbocycles. The van der Waals surface area contributed by atoms with Crippen LogP contribution in [0.3, 0.4) is 0 Å². The summed E-state index contributed by atoms with van der Waals surface area (Å²) in [6.07, 6.45) is 0. The van der Waals surface area contributed by atoms with E-state index in [9.17, 15) is 22.4 Å². The van der Waals surface area contributed by atoms with Crippen molar-refractivity contribution in [2.75, 3.05) is 0 Å². The minimum atomic E-state index is -4.38. The molecule has 0 bridgehead atoms. The van der Waals surface area contributed by atoms with E-state index in [1.165, 1.54) is 13.8 Å². The Bertz CT molecular complexity index is 697. The van der Waals surface area contributed by atoms with E-state index in [2.05, 4.69) is 4.28 Å². The van der Waals surface area contributed by atoms with E-state index in [1.807, 2.05) is 0 Å². The van der Waals surface area contributed by atoms with Crippen LogP contribution in [-0.4, -0.2) is 25.3 Å². The monoisotopic (exact) mass is 299 g/mol. The number of hydrogen-bond acceptors (Lipinski definition) is 5. The predicted octanol–water partition coefficient (Wildman–Crippen LogP) is 1.15. The topological polar surface area (TPSA) is 80.8 Å². The summed E-state index contributed by atoms with van der Waals surface area (Å²) in [5, 5.41) is 0.184. The van der Waals surface area contributed by atoms with Gasteiger partial charge in [0.15, 0.2) is 0 Å². The second-order valence-corrected chi connectivity index (χ2v) is 5.67. The van der Waals surface area contributed by atoms with E-state index in [1.54, 1.807) is 0 Å². The van der Waals surface area contributed by atoms with Gasteiger partial charge in [-0.05, 0) is 38.1 Å². The standard InChI is InChI=1S/C12H10FNO5S/c1-7-8(2)12(16)14(11(7)15)19-20(17,18)10-5-3-9(13)4-6-10/h3-6H,1-2H3. The average molecular weight is 299 g/mol.